The fraction of sp³-hybridized carbons (Fsp3) is 0.154. The van der Waals surface area contributed by atoms with Crippen molar-refractivity contribution < 1.29 is 4.79 Å². The molecule has 0 atom stereocenters. The van der Waals surface area contributed by atoms with E-state index in [2.05, 4.69) is 21.5 Å². The third-order valence-electron chi connectivity index (χ3n) is 2.43. The van der Waals surface area contributed by atoms with Crippen molar-refractivity contribution in [3.8, 4) is 11.3 Å². The van der Waals surface area contributed by atoms with Crippen molar-refractivity contribution in [1.82, 2.24) is 14.9 Å². The van der Waals surface area contributed by atoms with Crippen LogP contribution in [0.4, 0.5) is 0 Å². The van der Waals surface area contributed by atoms with Gasteiger partial charge in [0.15, 0.2) is 0 Å². The van der Waals surface area contributed by atoms with E-state index in [1.54, 1.807) is 6.08 Å². The topological polar surface area (TPSA) is 54.9 Å². The van der Waals surface area contributed by atoms with E-state index in [9.17, 15) is 4.79 Å². The molecular weight excluding hydrogens is 246 g/mol. The maximum absolute atomic E-state index is 11.9. The van der Waals surface area contributed by atoms with Crippen molar-refractivity contribution in [3.63, 3.8) is 0 Å². The van der Waals surface area contributed by atoms with Crippen LogP contribution in [0.1, 0.15) is 15.2 Å². The fourth-order valence-corrected chi connectivity index (χ4v) is 2.09. The molecule has 0 saturated carbocycles. The number of rotatable bonds is 4. The standard InChI is InChI=1S/C13H13N3OS/c1-3-8-14-13(17)12-11(15-16-18-12)10-6-4-9(2)5-7-10/h3-7H,1,8H2,2H3,(H,14,17). The highest BCUT2D eigenvalue weighted by molar-refractivity contribution is 7.08. The Morgan fingerprint density at radius 1 is 1.44 bits per heavy atom. The van der Waals surface area contributed by atoms with Gasteiger partial charge in [-0.3, -0.25) is 4.79 Å². The van der Waals surface area contributed by atoms with Gasteiger partial charge in [0.25, 0.3) is 5.91 Å². The SMILES string of the molecule is C=CCNC(=O)c1snnc1-c1ccc(C)cc1. The first-order valence-electron chi connectivity index (χ1n) is 5.51. The molecule has 0 bridgehead atoms. The number of amides is 1. The molecule has 92 valence electrons. The summed E-state index contributed by atoms with van der Waals surface area (Å²) in [6.07, 6.45) is 1.64. The van der Waals surface area contributed by atoms with Crippen LogP contribution in [-0.4, -0.2) is 22.0 Å². The second kappa shape index (κ2) is 5.55. The number of benzene rings is 1. The Morgan fingerprint density at radius 3 is 2.83 bits per heavy atom. The summed E-state index contributed by atoms with van der Waals surface area (Å²) in [5.41, 5.74) is 2.69. The van der Waals surface area contributed by atoms with Gasteiger partial charge in [0.1, 0.15) is 10.6 Å². The van der Waals surface area contributed by atoms with Gasteiger partial charge in [-0.1, -0.05) is 40.4 Å². The molecule has 1 amide bonds. The molecule has 0 spiro atoms. The van der Waals surface area contributed by atoms with Crippen LogP contribution in [0, 0.1) is 6.92 Å². The number of nitrogens with one attached hydrogen (secondary N) is 1. The van der Waals surface area contributed by atoms with Gasteiger partial charge in [-0.25, -0.2) is 0 Å². The van der Waals surface area contributed by atoms with E-state index in [-0.39, 0.29) is 5.91 Å². The van der Waals surface area contributed by atoms with Crippen LogP contribution in [0.15, 0.2) is 36.9 Å². The Morgan fingerprint density at radius 2 is 2.17 bits per heavy atom. The minimum Gasteiger partial charge on any atom is -0.348 e. The molecule has 0 saturated heterocycles. The minimum atomic E-state index is -0.166. The lowest BCUT2D eigenvalue weighted by Crippen LogP contribution is -2.22. The molecule has 2 aromatic rings. The van der Waals surface area contributed by atoms with Gasteiger partial charge in [0, 0.05) is 12.1 Å². The molecule has 18 heavy (non-hydrogen) atoms. The quantitative estimate of drug-likeness (QED) is 0.858. The van der Waals surface area contributed by atoms with Gasteiger partial charge in [0.05, 0.1) is 0 Å². The second-order valence-electron chi connectivity index (χ2n) is 3.82. The first-order chi connectivity index (χ1) is 8.72. The van der Waals surface area contributed by atoms with Crippen molar-refractivity contribution >= 4 is 17.4 Å². The zero-order valence-corrected chi connectivity index (χ0v) is 10.8. The van der Waals surface area contributed by atoms with E-state index >= 15 is 0 Å². The summed E-state index contributed by atoms with van der Waals surface area (Å²) < 4.78 is 3.86. The van der Waals surface area contributed by atoms with E-state index in [0.29, 0.717) is 17.1 Å². The van der Waals surface area contributed by atoms with Crippen LogP contribution in [0.25, 0.3) is 11.3 Å². The predicted octanol–water partition coefficient (Wildman–Crippen LogP) is 2.43. The fourth-order valence-electron chi connectivity index (χ4n) is 1.49. The average Bonchev–Trinajstić information content (AvgIpc) is 2.86. The molecule has 2 rings (SSSR count). The normalized spacial score (nSPS) is 10.1. The van der Waals surface area contributed by atoms with Gasteiger partial charge in [-0.15, -0.1) is 11.7 Å². The summed E-state index contributed by atoms with van der Waals surface area (Å²) in [5.74, 6) is -0.166. The van der Waals surface area contributed by atoms with Crippen LogP contribution in [0.3, 0.4) is 0 Å². The van der Waals surface area contributed by atoms with Gasteiger partial charge in [-0.2, -0.15) is 0 Å². The van der Waals surface area contributed by atoms with Crippen LogP contribution in [0.2, 0.25) is 0 Å². The predicted molar refractivity (Wildman–Crippen MR) is 72.6 cm³/mol. The number of carbonyl (C=O) groups is 1. The van der Waals surface area contributed by atoms with Gasteiger partial charge >= 0.3 is 0 Å². The van der Waals surface area contributed by atoms with Crippen molar-refractivity contribution in [2.24, 2.45) is 0 Å². The smallest absolute Gasteiger partial charge is 0.265 e. The Hall–Kier alpha value is -2.01. The van der Waals surface area contributed by atoms with E-state index in [1.165, 1.54) is 5.56 Å². The molecular formula is C13H13N3OS. The number of carbonyl (C=O) groups excluding carboxylic acids is 1. The van der Waals surface area contributed by atoms with Crippen LogP contribution < -0.4 is 5.32 Å². The molecule has 0 radical (unpaired) electrons. The maximum Gasteiger partial charge on any atom is 0.265 e. The Labute approximate surface area is 110 Å². The first-order valence-corrected chi connectivity index (χ1v) is 6.28. The highest BCUT2D eigenvalue weighted by Crippen LogP contribution is 2.23. The molecule has 0 unspecified atom stereocenters. The molecule has 1 aromatic carbocycles. The van der Waals surface area contributed by atoms with Crippen LogP contribution in [-0.2, 0) is 0 Å². The monoisotopic (exact) mass is 259 g/mol. The molecule has 4 nitrogen and oxygen atoms in total. The van der Waals surface area contributed by atoms with E-state index in [0.717, 1.165) is 17.1 Å². The number of hydrogen-bond acceptors (Lipinski definition) is 4. The number of aryl methyl sites for hydroxylation is 1. The van der Waals surface area contributed by atoms with E-state index in [4.69, 9.17) is 0 Å². The van der Waals surface area contributed by atoms with Crippen molar-refractivity contribution in [2.75, 3.05) is 6.54 Å². The van der Waals surface area contributed by atoms with Gasteiger partial charge < -0.3 is 5.32 Å². The zero-order chi connectivity index (χ0) is 13.0. The summed E-state index contributed by atoms with van der Waals surface area (Å²) in [5, 5.41) is 6.76. The lowest BCUT2D eigenvalue weighted by Gasteiger charge is -2.02. The van der Waals surface area contributed by atoms with Crippen molar-refractivity contribution in [2.45, 2.75) is 6.92 Å². The number of aromatic nitrogens is 2. The Bertz CT molecular complexity index is 560. The Kier molecular flexibility index (Phi) is 3.84. The van der Waals surface area contributed by atoms with Gasteiger partial charge in [-0.05, 0) is 18.5 Å². The number of nitrogens with zero attached hydrogens (tertiary/aromatic N) is 2. The third kappa shape index (κ3) is 2.62. The van der Waals surface area contributed by atoms with Crippen molar-refractivity contribution in [3.05, 3.63) is 47.4 Å². The molecule has 0 aliphatic carbocycles. The molecule has 5 heteroatoms. The molecule has 0 aliphatic heterocycles. The second-order valence-corrected chi connectivity index (χ2v) is 4.57. The van der Waals surface area contributed by atoms with E-state index in [1.807, 2.05) is 31.2 Å². The summed E-state index contributed by atoms with van der Waals surface area (Å²) in [7, 11) is 0. The molecule has 1 aromatic heterocycles. The highest BCUT2D eigenvalue weighted by atomic mass is 32.1. The summed E-state index contributed by atoms with van der Waals surface area (Å²) >= 11 is 1.10. The minimum absolute atomic E-state index is 0.166. The summed E-state index contributed by atoms with van der Waals surface area (Å²) in [4.78, 5) is 12.4. The maximum atomic E-state index is 11.9. The van der Waals surface area contributed by atoms with E-state index < -0.39 is 0 Å². The Balaban J connectivity index is 2.29. The highest BCUT2D eigenvalue weighted by Gasteiger charge is 2.16. The van der Waals surface area contributed by atoms with Crippen LogP contribution >= 0.6 is 11.5 Å². The molecule has 1 heterocycles. The number of hydrogen-bond donors (Lipinski definition) is 1. The molecule has 0 fully saturated rings. The molecule has 1 N–H and O–H groups in total. The summed E-state index contributed by atoms with van der Waals surface area (Å²) in [6, 6.07) is 7.85. The summed E-state index contributed by atoms with van der Waals surface area (Å²) in [6.45, 7) is 6.01. The lowest BCUT2D eigenvalue weighted by atomic mass is 10.1. The first kappa shape index (κ1) is 12.4. The largest absolute Gasteiger partial charge is 0.348 e. The third-order valence-corrected chi connectivity index (χ3v) is 3.15. The molecule has 0 aliphatic rings. The lowest BCUT2D eigenvalue weighted by molar-refractivity contribution is 0.0962. The van der Waals surface area contributed by atoms with Crippen LogP contribution in [0.5, 0.6) is 0 Å². The van der Waals surface area contributed by atoms with Crippen molar-refractivity contribution in [1.29, 1.82) is 0 Å². The average molecular weight is 259 g/mol. The zero-order valence-electron chi connectivity index (χ0n) is 10.0. The van der Waals surface area contributed by atoms with Gasteiger partial charge in [0.2, 0.25) is 0 Å².